The minimum absolute atomic E-state index is 0.391. The van der Waals surface area contributed by atoms with Crippen LogP contribution in [0.3, 0.4) is 0 Å². The van der Waals surface area contributed by atoms with Gasteiger partial charge in [0.05, 0.1) is 0 Å². The number of imidazole rings is 1. The summed E-state index contributed by atoms with van der Waals surface area (Å²) in [6, 6.07) is 5.40. The number of nitrogens with one attached hydrogen (secondary N) is 1. The molecule has 0 fully saturated rings. The Labute approximate surface area is 165 Å². The summed E-state index contributed by atoms with van der Waals surface area (Å²) in [4.78, 5) is 16.8. The molecule has 1 heterocycles. The third-order valence-corrected chi connectivity index (χ3v) is 6.42. The average Bonchev–Trinajstić information content (AvgIpc) is 3.03. The Morgan fingerprint density at radius 3 is 2.89 bits per heavy atom. The Hall–Kier alpha value is -1.66. The van der Waals surface area contributed by atoms with Crippen molar-refractivity contribution >= 4 is 23.0 Å². The number of hydrogen-bond donors (Lipinski definition) is 2. The molecule has 0 saturated heterocycles. The van der Waals surface area contributed by atoms with Crippen LogP contribution in [0.4, 0.5) is 13.2 Å². The van der Waals surface area contributed by atoms with Gasteiger partial charge in [0.25, 0.3) is 0 Å². The van der Waals surface area contributed by atoms with Crippen molar-refractivity contribution in [3.05, 3.63) is 36.2 Å². The van der Waals surface area contributed by atoms with Crippen molar-refractivity contribution < 1.29 is 44.7 Å². The molecule has 1 aromatic heterocycles. The zero-order valence-electron chi connectivity index (χ0n) is 14.7. The van der Waals surface area contributed by atoms with Gasteiger partial charge >= 0.3 is 166 Å². The number of fused-ring (bicyclic) bond motifs is 1. The first-order chi connectivity index (χ1) is 12.8. The van der Waals surface area contributed by atoms with E-state index < -0.39 is 40.1 Å². The van der Waals surface area contributed by atoms with E-state index in [4.69, 9.17) is 5.21 Å². The molecule has 0 unspecified atom stereocenters. The molecule has 0 atom stereocenters. The van der Waals surface area contributed by atoms with E-state index in [2.05, 4.69) is 4.98 Å². The Balaban J connectivity index is 2.07. The summed E-state index contributed by atoms with van der Waals surface area (Å²) in [7, 11) is 0. The van der Waals surface area contributed by atoms with E-state index in [0.29, 0.717) is 16.6 Å². The zero-order valence-corrected chi connectivity index (χ0v) is 16.9. The maximum absolute atomic E-state index is 12.8. The summed E-state index contributed by atoms with van der Waals surface area (Å²) in [5, 5.41) is 8.48. The van der Waals surface area contributed by atoms with Gasteiger partial charge in [-0.3, -0.25) is 0 Å². The number of hydroxylamine groups is 1. The molecule has 2 aromatic rings. The Bertz CT molecular complexity index is 792. The van der Waals surface area contributed by atoms with Crippen molar-refractivity contribution in [3.63, 3.8) is 0 Å². The van der Waals surface area contributed by atoms with Crippen LogP contribution in [0.1, 0.15) is 25.3 Å². The van der Waals surface area contributed by atoms with E-state index in [-0.39, 0.29) is 0 Å². The zero-order chi connectivity index (χ0) is 19.9. The van der Waals surface area contributed by atoms with Crippen molar-refractivity contribution in [2.45, 2.75) is 25.9 Å². The summed E-state index contributed by atoms with van der Waals surface area (Å²) < 4.78 is 40.6. The first kappa shape index (κ1) is 21.6. The molecule has 2 rings (SSSR count). The van der Waals surface area contributed by atoms with Gasteiger partial charge in [-0.15, -0.1) is 0 Å². The van der Waals surface area contributed by atoms with Gasteiger partial charge in [0, 0.05) is 0 Å². The standard InChI is InChI=1S/C17H21F3IN4O2/c1-2-3-8-24(10-17(18,19)20)11-21-25-12-22-14-9-13(4-6-15(14)25)5-7-16(26)23-27/h4-7,9,12,27H,2-3,8,10-11H2,1H3,(H,23,26)/q-1/b7-5+. The maximum atomic E-state index is 12.8. The van der Waals surface area contributed by atoms with Gasteiger partial charge in [0.15, 0.2) is 0 Å². The van der Waals surface area contributed by atoms with Crippen molar-refractivity contribution in [1.82, 2.24) is 18.1 Å². The third kappa shape index (κ3) is 7.11. The molecule has 6 nitrogen and oxygen atoms in total. The number of rotatable bonds is 9. The number of aromatic nitrogens is 2. The fourth-order valence-electron chi connectivity index (χ4n) is 2.36. The number of halogens is 4. The molecule has 0 bridgehead atoms. The van der Waals surface area contributed by atoms with Crippen LogP contribution in [0.2, 0.25) is 0 Å². The van der Waals surface area contributed by atoms with Gasteiger partial charge in [-0.1, -0.05) is 0 Å². The topological polar surface area (TPSA) is 70.4 Å². The number of unbranched alkanes of at least 4 members (excludes halogenated alkanes) is 1. The van der Waals surface area contributed by atoms with Crippen LogP contribution in [0.15, 0.2) is 30.6 Å². The second-order valence-electron chi connectivity index (χ2n) is 5.87. The summed E-state index contributed by atoms with van der Waals surface area (Å²) in [5.41, 5.74) is 3.80. The van der Waals surface area contributed by atoms with E-state index in [1.165, 1.54) is 22.5 Å². The van der Waals surface area contributed by atoms with E-state index in [1.54, 1.807) is 18.5 Å². The molecule has 0 aliphatic carbocycles. The first-order valence-corrected chi connectivity index (χ1v) is 10.8. The normalized spacial score (nSPS) is 12.5. The number of carbonyl (C=O) groups is 1. The van der Waals surface area contributed by atoms with E-state index in [0.717, 1.165) is 23.9 Å². The van der Waals surface area contributed by atoms with E-state index in [1.807, 2.05) is 15.8 Å². The second kappa shape index (κ2) is 10.0. The van der Waals surface area contributed by atoms with Crippen LogP contribution in [-0.2, 0) is 4.79 Å². The molecule has 1 amide bonds. The number of hydrogen-bond acceptors (Lipinski definition) is 4. The quantitative estimate of drug-likeness (QED) is 0.128. The SMILES string of the molecule is CCCCN(C[I-]n1cnc2cc(/C=C/C(=O)NO)ccc21)CC(F)(F)F. The minimum atomic E-state index is -4.20. The fraction of sp³-hybridized carbons (Fsp3) is 0.412. The van der Waals surface area contributed by atoms with Crippen molar-refractivity contribution in [2.75, 3.05) is 17.6 Å². The molecule has 0 radical (unpaired) electrons. The van der Waals surface area contributed by atoms with Crippen molar-refractivity contribution in [3.8, 4) is 0 Å². The van der Waals surface area contributed by atoms with Crippen LogP contribution < -0.4 is 27.0 Å². The molecule has 150 valence electrons. The molecular formula is C17H21F3IN4O2-. The summed E-state index contributed by atoms with van der Waals surface area (Å²) in [6.45, 7) is 1.51. The molecule has 10 heteroatoms. The van der Waals surface area contributed by atoms with Gasteiger partial charge in [0.2, 0.25) is 0 Å². The van der Waals surface area contributed by atoms with E-state index >= 15 is 0 Å². The Morgan fingerprint density at radius 1 is 1.44 bits per heavy atom. The van der Waals surface area contributed by atoms with Crippen LogP contribution in [-0.4, -0.2) is 47.6 Å². The third-order valence-electron chi connectivity index (χ3n) is 3.65. The fourth-order valence-corrected chi connectivity index (χ4v) is 4.78. The predicted octanol–water partition coefficient (Wildman–Crippen LogP) is 0.0289. The monoisotopic (exact) mass is 497 g/mol. The van der Waals surface area contributed by atoms with Gasteiger partial charge < -0.3 is 0 Å². The number of alkyl halides is 4. The molecule has 27 heavy (non-hydrogen) atoms. The first-order valence-electron chi connectivity index (χ1n) is 8.30. The number of amides is 1. The molecule has 0 aliphatic rings. The molecule has 0 spiro atoms. The Kier molecular flexibility index (Phi) is 8.05. The van der Waals surface area contributed by atoms with Crippen LogP contribution in [0.25, 0.3) is 17.1 Å². The van der Waals surface area contributed by atoms with Crippen LogP contribution >= 0.6 is 0 Å². The van der Waals surface area contributed by atoms with Crippen molar-refractivity contribution in [1.29, 1.82) is 0 Å². The van der Waals surface area contributed by atoms with Crippen LogP contribution in [0, 0.1) is 0 Å². The number of benzene rings is 1. The number of carbonyl (C=O) groups excluding carboxylic acids is 1. The molecular weight excluding hydrogens is 476 g/mol. The van der Waals surface area contributed by atoms with Gasteiger partial charge in [-0.2, -0.15) is 0 Å². The van der Waals surface area contributed by atoms with E-state index in [9.17, 15) is 18.0 Å². The van der Waals surface area contributed by atoms with Gasteiger partial charge in [-0.05, 0) is 0 Å². The van der Waals surface area contributed by atoms with Crippen LogP contribution in [0.5, 0.6) is 0 Å². The van der Waals surface area contributed by atoms with Crippen molar-refractivity contribution in [2.24, 2.45) is 0 Å². The molecule has 0 aliphatic heterocycles. The predicted molar refractivity (Wildman–Crippen MR) is 91.5 cm³/mol. The van der Waals surface area contributed by atoms with Gasteiger partial charge in [-0.25, -0.2) is 0 Å². The summed E-state index contributed by atoms with van der Waals surface area (Å²) in [6.07, 6.45) is 1.77. The molecule has 2 N–H and O–H groups in total. The second-order valence-corrected chi connectivity index (χ2v) is 8.28. The summed E-state index contributed by atoms with van der Waals surface area (Å²) in [5.74, 6) is -0.636. The summed E-state index contributed by atoms with van der Waals surface area (Å²) >= 11 is -0.717. The molecule has 1 aromatic carbocycles. The number of nitrogens with zero attached hydrogens (tertiary/aromatic N) is 3. The molecule has 0 saturated carbocycles. The van der Waals surface area contributed by atoms with Gasteiger partial charge in [0.1, 0.15) is 0 Å². The average molecular weight is 497 g/mol. The Morgan fingerprint density at radius 2 is 2.22 bits per heavy atom.